The van der Waals surface area contributed by atoms with E-state index in [4.69, 9.17) is 9.84 Å². The summed E-state index contributed by atoms with van der Waals surface area (Å²) < 4.78 is 5.64. The number of piperidine rings is 1. The second-order valence-electron chi connectivity index (χ2n) is 8.95. The van der Waals surface area contributed by atoms with E-state index in [1.165, 1.54) is 0 Å². The third-order valence-electron chi connectivity index (χ3n) is 5.51. The maximum Gasteiger partial charge on any atom is 0.255 e. The topological polar surface area (TPSA) is 87.2 Å². The van der Waals surface area contributed by atoms with Gasteiger partial charge in [-0.1, -0.05) is 43.9 Å². The maximum atomic E-state index is 13.1. The van der Waals surface area contributed by atoms with Crippen LogP contribution in [-0.2, 0) is 20.9 Å². The Balaban J connectivity index is 1.71. The van der Waals surface area contributed by atoms with Gasteiger partial charge in [0.1, 0.15) is 12.8 Å². The number of rotatable bonds is 8. The first-order valence-corrected chi connectivity index (χ1v) is 14.1. The molecule has 0 bridgehead atoms. The molecule has 2 heterocycles. The molecule has 1 saturated heterocycles. The molecule has 162 valence electrons. The highest BCUT2D eigenvalue weighted by Gasteiger charge is 2.43. The zero-order valence-electron chi connectivity index (χ0n) is 17.9. The normalized spacial score (nSPS) is 19.9. The first kappa shape index (κ1) is 22.4. The van der Waals surface area contributed by atoms with Gasteiger partial charge < -0.3 is 14.7 Å². The van der Waals surface area contributed by atoms with E-state index >= 15 is 0 Å². The summed E-state index contributed by atoms with van der Waals surface area (Å²) in [6, 6.07) is 5.72. The number of carbonyl (C=O) groups is 3. The Morgan fingerprint density at radius 1 is 1.23 bits per heavy atom. The molecule has 0 aromatic heterocycles. The molecule has 3 rings (SSSR count). The van der Waals surface area contributed by atoms with E-state index in [-0.39, 0.29) is 37.5 Å². The van der Waals surface area contributed by atoms with Gasteiger partial charge in [-0.05, 0) is 29.7 Å². The lowest BCUT2D eigenvalue weighted by Crippen LogP contribution is -2.55. The number of carbonyl (C=O) groups excluding carboxylic acids is 3. The van der Waals surface area contributed by atoms with Gasteiger partial charge >= 0.3 is 0 Å². The van der Waals surface area contributed by atoms with Crippen molar-refractivity contribution in [3.8, 4) is 0 Å². The lowest BCUT2D eigenvalue weighted by Gasteiger charge is -2.35. The van der Waals surface area contributed by atoms with Crippen molar-refractivity contribution >= 4 is 31.9 Å². The van der Waals surface area contributed by atoms with Crippen LogP contribution in [0.2, 0.25) is 25.7 Å². The highest BCUT2D eigenvalue weighted by Crippen LogP contribution is 2.31. The van der Waals surface area contributed by atoms with Gasteiger partial charge in [0, 0.05) is 33.2 Å². The summed E-state index contributed by atoms with van der Waals surface area (Å²) in [6.07, 6.45) is 3.93. The van der Waals surface area contributed by atoms with Crippen molar-refractivity contribution in [3.63, 3.8) is 0 Å². The van der Waals surface area contributed by atoms with Crippen LogP contribution in [0.4, 0.5) is 0 Å². The zero-order valence-corrected chi connectivity index (χ0v) is 18.9. The van der Waals surface area contributed by atoms with E-state index in [1.54, 1.807) is 29.2 Å². The van der Waals surface area contributed by atoms with Crippen molar-refractivity contribution < 1.29 is 24.2 Å². The molecule has 7 nitrogen and oxygen atoms in total. The molecule has 0 spiro atoms. The average molecular weight is 431 g/mol. The number of hydrogen-bond donors (Lipinski definition) is 1. The Morgan fingerprint density at radius 3 is 2.70 bits per heavy atom. The fourth-order valence-corrected chi connectivity index (χ4v) is 4.50. The van der Waals surface area contributed by atoms with Crippen molar-refractivity contribution in [3.05, 3.63) is 41.0 Å². The lowest BCUT2D eigenvalue weighted by atomic mass is 10.0. The number of aliphatic hydroxyl groups is 1. The summed E-state index contributed by atoms with van der Waals surface area (Å²) in [7, 11) is -1.26. The minimum atomic E-state index is -1.26. The molecule has 30 heavy (non-hydrogen) atoms. The fourth-order valence-electron chi connectivity index (χ4n) is 3.75. The Morgan fingerprint density at radius 2 is 2.00 bits per heavy atom. The molecule has 1 atom stereocenters. The standard InChI is InChI=1S/C22H30N2O5Si/c1-30(2,3)13-12-29-15-24-20(26)10-9-19(22(24)28)23-14-18-16(7-5-11-25)6-4-8-17(18)21(23)27/h4-8,19,25H,9-15H2,1-3H3/b7-5+. The summed E-state index contributed by atoms with van der Waals surface area (Å²) in [6.45, 7) is 7.41. The van der Waals surface area contributed by atoms with Crippen LogP contribution in [0.3, 0.4) is 0 Å². The van der Waals surface area contributed by atoms with Gasteiger partial charge in [-0.15, -0.1) is 0 Å². The zero-order chi connectivity index (χ0) is 21.9. The number of benzene rings is 1. The van der Waals surface area contributed by atoms with Crippen LogP contribution in [-0.4, -0.2) is 66.7 Å². The molecular weight excluding hydrogens is 400 g/mol. The van der Waals surface area contributed by atoms with Crippen LogP contribution in [0.25, 0.3) is 6.08 Å². The third-order valence-corrected chi connectivity index (χ3v) is 7.22. The number of amides is 3. The van der Waals surface area contributed by atoms with Crippen LogP contribution in [0.1, 0.15) is 34.3 Å². The average Bonchev–Trinajstić information content (AvgIpc) is 3.02. The van der Waals surface area contributed by atoms with Crippen molar-refractivity contribution in [2.24, 2.45) is 0 Å². The highest BCUT2D eigenvalue weighted by atomic mass is 28.3. The van der Waals surface area contributed by atoms with Crippen LogP contribution >= 0.6 is 0 Å². The second-order valence-corrected chi connectivity index (χ2v) is 14.6. The van der Waals surface area contributed by atoms with Crippen LogP contribution in [0, 0.1) is 0 Å². The van der Waals surface area contributed by atoms with Gasteiger partial charge in [-0.25, -0.2) is 0 Å². The number of nitrogens with zero attached hydrogens (tertiary/aromatic N) is 2. The fraction of sp³-hybridized carbons (Fsp3) is 0.500. The van der Waals surface area contributed by atoms with Gasteiger partial charge in [0.05, 0.1) is 6.61 Å². The smallest absolute Gasteiger partial charge is 0.255 e. The van der Waals surface area contributed by atoms with E-state index in [9.17, 15) is 14.4 Å². The van der Waals surface area contributed by atoms with Gasteiger partial charge in [-0.2, -0.15) is 0 Å². The first-order chi connectivity index (χ1) is 14.2. The summed E-state index contributed by atoms with van der Waals surface area (Å²) in [4.78, 5) is 41.1. The Hall–Kier alpha value is -2.29. The number of hydrogen-bond acceptors (Lipinski definition) is 5. The quantitative estimate of drug-likeness (QED) is 0.389. The Bertz CT molecular complexity index is 862. The molecule has 2 aliphatic heterocycles. The first-order valence-electron chi connectivity index (χ1n) is 10.3. The Kier molecular flexibility index (Phi) is 6.90. The van der Waals surface area contributed by atoms with E-state index in [1.807, 2.05) is 6.07 Å². The highest BCUT2D eigenvalue weighted by molar-refractivity contribution is 6.76. The second kappa shape index (κ2) is 9.24. The van der Waals surface area contributed by atoms with Crippen molar-refractivity contribution in [1.29, 1.82) is 0 Å². The number of aliphatic hydroxyl groups excluding tert-OH is 1. The number of fused-ring (bicyclic) bond motifs is 1. The molecule has 1 unspecified atom stereocenters. The SMILES string of the molecule is C[Si](C)(C)CCOCN1C(=O)CCC(N2Cc3c(/C=C/CO)cccc3C2=O)C1=O. The summed E-state index contributed by atoms with van der Waals surface area (Å²) in [5, 5.41) is 9.05. The molecule has 0 saturated carbocycles. The van der Waals surface area contributed by atoms with Crippen LogP contribution < -0.4 is 0 Å². The van der Waals surface area contributed by atoms with E-state index in [2.05, 4.69) is 19.6 Å². The van der Waals surface area contributed by atoms with Gasteiger partial charge in [0.2, 0.25) is 5.91 Å². The molecule has 3 amide bonds. The largest absolute Gasteiger partial charge is 0.392 e. The molecule has 1 aromatic rings. The van der Waals surface area contributed by atoms with Gasteiger partial charge in [0.25, 0.3) is 11.8 Å². The molecule has 2 aliphatic rings. The van der Waals surface area contributed by atoms with Crippen LogP contribution in [0.15, 0.2) is 24.3 Å². The minimum absolute atomic E-state index is 0.0574. The molecule has 0 radical (unpaired) electrons. The monoisotopic (exact) mass is 430 g/mol. The predicted octanol–water partition coefficient (Wildman–Crippen LogP) is 2.48. The molecular formula is C22H30N2O5Si. The van der Waals surface area contributed by atoms with Gasteiger partial charge in [-0.3, -0.25) is 19.3 Å². The van der Waals surface area contributed by atoms with E-state index in [0.717, 1.165) is 22.1 Å². The molecule has 1 fully saturated rings. The van der Waals surface area contributed by atoms with Crippen LogP contribution in [0.5, 0.6) is 0 Å². The van der Waals surface area contributed by atoms with Crippen molar-refractivity contribution in [1.82, 2.24) is 9.80 Å². The van der Waals surface area contributed by atoms with E-state index < -0.39 is 14.1 Å². The Labute approximate surface area is 178 Å². The van der Waals surface area contributed by atoms with Gasteiger partial charge in [0.15, 0.2) is 0 Å². The maximum absolute atomic E-state index is 13.1. The number of ether oxygens (including phenoxy) is 1. The number of likely N-dealkylation sites (tertiary alicyclic amines) is 1. The predicted molar refractivity (Wildman–Crippen MR) is 116 cm³/mol. The van der Waals surface area contributed by atoms with E-state index in [0.29, 0.717) is 25.1 Å². The number of imide groups is 1. The summed E-state index contributed by atoms with van der Waals surface area (Å²) in [5.41, 5.74) is 2.26. The third kappa shape index (κ3) is 4.88. The molecule has 1 N–H and O–H groups in total. The molecule has 0 aliphatic carbocycles. The lowest BCUT2D eigenvalue weighted by molar-refractivity contribution is -0.158. The summed E-state index contributed by atoms with van der Waals surface area (Å²) >= 11 is 0. The van der Waals surface area contributed by atoms with Crippen molar-refractivity contribution in [2.75, 3.05) is 19.9 Å². The van der Waals surface area contributed by atoms with Crippen molar-refractivity contribution in [2.45, 2.75) is 51.1 Å². The minimum Gasteiger partial charge on any atom is -0.392 e. The summed E-state index contributed by atoms with van der Waals surface area (Å²) in [5.74, 6) is -0.815. The molecule has 8 heteroatoms. The molecule has 1 aromatic carbocycles.